The minimum Gasteiger partial charge on any atom is -0.498 e. The van der Waals surface area contributed by atoms with Crippen molar-refractivity contribution in [3.8, 4) is 0 Å². The number of rotatable bonds is 16. The highest BCUT2D eigenvalue weighted by atomic mass is 31.2. The summed E-state index contributed by atoms with van der Waals surface area (Å²) in [5.41, 5.74) is -0.900. The minimum atomic E-state index is -2.75. The van der Waals surface area contributed by atoms with Crippen molar-refractivity contribution in [3.05, 3.63) is 55.6 Å². The van der Waals surface area contributed by atoms with Crippen LogP contribution in [0.4, 0.5) is 0 Å². The Hall–Kier alpha value is -1.87. The van der Waals surface area contributed by atoms with Crippen molar-refractivity contribution in [1.82, 2.24) is 14.2 Å². The van der Waals surface area contributed by atoms with Crippen LogP contribution in [0.1, 0.15) is 39.5 Å². The van der Waals surface area contributed by atoms with E-state index in [1.54, 1.807) is 20.3 Å². The maximum atomic E-state index is 13.0. The van der Waals surface area contributed by atoms with Gasteiger partial charge in [-0.25, -0.2) is 16.0 Å². The molecule has 0 bridgehead atoms. The van der Waals surface area contributed by atoms with Gasteiger partial charge in [-0.3, -0.25) is 14.3 Å². The Balaban J connectivity index is 2.73. The molecule has 232 valence electrons. The van der Waals surface area contributed by atoms with E-state index >= 15 is 0 Å². The molecule has 1 fully saturated rings. The van der Waals surface area contributed by atoms with Crippen LogP contribution in [0.15, 0.2) is 27.4 Å². The zero-order chi connectivity index (χ0) is 30.9. The van der Waals surface area contributed by atoms with Crippen LogP contribution in [0.5, 0.6) is 0 Å². The van der Waals surface area contributed by atoms with Crippen molar-refractivity contribution in [2.75, 3.05) is 53.9 Å². The maximum absolute atomic E-state index is 13.0. The summed E-state index contributed by atoms with van der Waals surface area (Å²) in [7, 11) is -1.54. The van der Waals surface area contributed by atoms with Crippen LogP contribution < -0.4 is 11.2 Å². The van der Waals surface area contributed by atoms with Crippen LogP contribution >= 0.6 is 15.7 Å². The van der Waals surface area contributed by atoms with Crippen molar-refractivity contribution in [2.45, 2.75) is 71.2 Å². The number of H-pyrrole nitrogens is 1. The Kier molecular flexibility index (Phi) is 13.9. The number of nitrogens with zero attached hydrogens (tertiary/aromatic N) is 3. The molecule has 1 aromatic rings. The van der Waals surface area contributed by atoms with E-state index in [1.807, 2.05) is 27.7 Å². The van der Waals surface area contributed by atoms with E-state index in [0.29, 0.717) is 5.56 Å². The van der Waals surface area contributed by atoms with Gasteiger partial charge in [0.15, 0.2) is 6.23 Å². The van der Waals surface area contributed by atoms with Crippen LogP contribution in [0.3, 0.4) is 0 Å². The number of ether oxygens (including phenoxy) is 4. The lowest BCUT2D eigenvalue weighted by atomic mass is 10.1. The maximum Gasteiger partial charge on any atom is 0.330 e. The molecule has 0 amide bonds. The molecule has 0 aliphatic carbocycles. The molecule has 2 heterocycles. The number of nitrogens with one attached hydrogen (secondary N) is 1. The van der Waals surface area contributed by atoms with Gasteiger partial charge in [-0.1, -0.05) is 0 Å². The third-order valence-corrected chi connectivity index (χ3v) is 9.03. The summed E-state index contributed by atoms with van der Waals surface area (Å²) >= 11 is 0. The lowest BCUT2D eigenvalue weighted by molar-refractivity contribution is -0.0785. The second-order valence-corrected chi connectivity index (χ2v) is 15.0. The topological polar surface area (TPSA) is 135 Å². The van der Waals surface area contributed by atoms with Gasteiger partial charge in [0.1, 0.15) is 37.8 Å². The van der Waals surface area contributed by atoms with Crippen molar-refractivity contribution >= 4 is 15.7 Å². The van der Waals surface area contributed by atoms with Gasteiger partial charge >= 0.3 is 5.69 Å². The molecule has 0 radical (unpaired) electrons. The molecular weight excluding hydrogens is 574 g/mol. The molecule has 0 spiro atoms. The van der Waals surface area contributed by atoms with Crippen LogP contribution in [0.2, 0.25) is 0 Å². The molecule has 15 heteroatoms. The fraction of sp³-hybridized carbons (Fsp3) is 0.731. The Morgan fingerprint density at radius 2 is 1.85 bits per heavy atom. The monoisotopic (exact) mass is 618 g/mol. The number of aryl methyl sites for hydroxylation is 1. The van der Waals surface area contributed by atoms with Crippen LogP contribution in [0, 0.1) is 13.5 Å². The molecule has 0 aromatic carbocycles. The largest absolute Gasteiger partial charge is 0.498 e. The standard InChI is InChI=1S/C26H44N4O9P2/c1-17(2)30(18(3)4)40(37-12-11-27-6)39-22-21(20(35-8)16-41(9,10)33)38-25(23(22)36-14-13-34-7)29-15-19(5)24(31)28-26(29)32/h15-18,21-23,25H,11-14H2,1-5,7-10H3,(H,28,31,32)/b20-16-/t21-,22-,23-,25-,40?/m1/s1. The van der Waals surface area contributed by atoms with Crippen molar-refractivity contribution in [3.63, 3.8) is 0 Å². The van der Waals surface area contributed by atoms with E-state index in [9.17, 15) is 14.2 Å². The summed E-state index contributed by atoms with van der Waals surface area (Å²) in [5, 5.41) is 0. The Labute approximate surface area is 243 Å². The summed E-state index contributed by atoms with van der Waals surface area (Å²) in [6.07, 6.45) is -2.42. The predicted molar refractivity (Wildman–Crippen MR) is 157 cm³/mol. The van der Waals surface area contributed by atoms with Crippen LogP contribution in [-0.4, -0.2) is 98.5 Å². The summed E-state index contributed by atoms with van der Waals surface area (Å²) in [4.78, 5) is 30.8. The van der Waals surface area contributed by atoms with Crippen molar-refractivity contribution < 1.29 is 32.6 Å². The number of hydrogen-bond donors (Lipinski definition) is 1. The van der Waals surface area contributed by atoms with Gasteiger partial charge in [0.05, 0.1) is 20.3 Å². The van der Waals surface area contributed by atoms with E-state index in [4.69, 9.17) is 34.6 Å². The Morgan fingerprint density at radius 3 is 2.39 bits per heavy atom. The van der Waals surface area contributed by atoms with Gasteiger partial charge in [0, 0.05) is 36.8 Å². The first-order valence-corrected chi connectivity index (χ1v) is 17.2. The number of aromatic amines is 1. The first-order chi connectivity index (χ1) is 19.2. The van der Waals surface area contributed by atoms with E-state index in [2.05, 4.69) is 14.5 Å². The average molecular weight is 619 g/mol. The van der Waals surface area contributed by atoms with Gasteiger partial charge in [0.25, 0.3) is 14.1 Å². The Bertz CT molecular complexity index is 1210. The summed E-state index contributed by atoms with van der Waals surface area (Å²) in [6, 6.07) is 0.0405. The summed E-state index contributed by atoms with van der Waals surface area (Å²) in [6.45, 7) is 20.7. The van der Waals surface area contributed by atoms with Gasteiger partial charge < -0.3 is 37.4 Å². The molecule has 1 saturated heterocycles. The fourth-order valence-electron chi connectivity index (χ4n) is 4.37. The molecule has 1 unspecified atom stereocenters. The SMILES string of the molecule is [C-]#[N+]CCOP(O[C@H]1[C@@H](OCCOC)[C@H](n2cc(C)c(=O)[nH]c2=O)O[C@@H]1/C(=C/P(C)(C)=O)OC)N(C(C)C)C(C)C. The van der Waals surface area contributed by atoms with Crippen molar-refractivity contribution in [2.24, 2.45) is 0 Å². The predicted octanol–water partition coefficient (Wildman–Crippen LogP) is 3.55. The fourth-order valence-corrected chi connectivity index (χ4v) is 6.97. The zero-order valence-electron chi connectivity index (χ0n) is 25.4. The third-order valence-electron chi connectivity index (χ3n) is 6.02. The molecule has 0 saturated carbocycles. The van der Waals surface area contributed by atoms with Crippen LogP contribution in [0.25, 0.3) is 4.85 Å². The quantitative estimate of drug-likeness (QED) is 0.127. The minimum absolute atomic E-state index is 0.0203. The van der Waals surface area contributed by atoms with E-state index < -0.39 is 51.5 Å². The normalized spacial score (nSPS) is 22.5. The number of methoxy groups -OCH3 is 2. The first kappa shape index (κ1) is 35.3. The van der Waals surface area contributed by atoms with Gasteiger partial charge in [-0.05, 0) is 47.9 Å². The lowest BCUT2D eigenvalue weighted by Crippen LogP contribution is -2.42. The molecular formula is C26H44N4O9P2. The molecule has 1 N–H and O–H groups in total. The first-order valence-electron chi connectivity index (χ1n) is 13.4. The van der Waals surface area contributed by atoms with E-state index in [0.717, 1.165) is 0 Å². The average Bonchev–Trinajstić information content (AvgIpc) is 3.21. The second-order valence-electron chi connectivity index (χ2n) is 10.5. The van der Waals surface area contributed by atoms with Gasteiger partial charge in [-0.15, -0.1) is 0 Å². The lowest BCUT2D eigenvalue weighted by Gasteiger charge is -2.38. The molecule has 2 rings (SSSR count). The van der Waals surface area contributed by atoms with E-state index in [1.165, 1.54) is 30.8 Å². The third kappa shape index (κ3) is 9.84. The highest BCUT2D eigenvalue weighted by molar-refractivity contribution is 7.65. The number of hydrogen-bond acceptors (Lipinski definition) is 10. The zero-order valence-corrected chi connectivity index (χ0v) is 27.1. The van der Waals surface area contributed by atoms with Crippen molar-refractivity contribution in [1.29, 1.82) is 0 Å². The molecule has 13 nitrogen and oxygen atoms in total. The number of aromatic nitrogens is 2. The second kappa shape index (κ2) is 16.1. The molecule has 41 heavy (non-hydrogen) atoms. The Morgan fingerprint density at radius 1 is 1.20 bits per heavy atom. The van der Waals surface area contributed by atoms with Gasteiger partial charge in [-0.2, -0.15) is 0 Å². The molecule has 5 atom stereocenters. The van der Waals surface area contributed by atoms with Gasteiger partial charge in [0.2, 0.25) is 6.54 Å². The molecule has 1 aromatic heterocycles. The smallest absolute Gasteiger partial charge is 0.330 e. The summed E-state index contributed by atoms with van der Waals surface area (Å²) < 4.78 is 52.6. The van der Waals surface area contributed by atoms with Crippen LogP contribution in [-0.2, 0) is 32.6 Å². The van der Waals surface area contributed by atoms with E-state index in [-0.39, 0.29) is 44.2 Å². The molecule has 1 aliphatic heterocycles. The molecule has 1 aliphatic rings. The highest BCUT2D eigenvalue weighted by Gasteiger charge is 2.52. The summed E-state index contributed by atoms with van der Waals surface area (Å²) in [5.74, 6) is 1.76. The highest BCUT2D eigenvalue weighted by Crippen LogP contribution is 2.52.